The average molecular weight is 218 g/mol. The number of aromatic amines is 1. The molecule has 0 aliphatic heterocycles. The zero-order chi connectivity index (χ0) is 10.7. The maximum absolute atomic E-state index is 12.0. The van der Waals surface area contributed by atoms with E-state index in [0.717, 1.165) is 9.79 Å². The second-order valence-electron chi connectivity index (χ2n) is 3.32. The van der Waals surface area contributed by atoms with E-state index in [1.54, 1.807) is 12.4 Å². The summed E-state index contributed by atoms with van der Waals surface area (Å²) in [6.07, 6.45) is 3.56. The minimum atomic E-state index is -1.09. The quantitative estimate of drug-likeness (QED) is 0.758. The van der Waals surface area contributed by atoms with Crippen molar-refractivity contribution in [2.24, 2.45) is 0 Å². The lowest BCUT2D eigenvalue weighted by molar-refractivity contribution is -0.381. The van der Waals surface area contributed by atoms with Crippen molar-refractivity contribution < 1.29 is 9.19 Å². The van der Waals surface area contributed by atoms with Gasteiger partial charge in [-0.05, 0) is 25.1 Å². The summed E-state index contributed by atoms with van der Waals surface area (Å²) in [6.45, 7) is 2.02. The third kappa shape index (κ3) is 2.30. The van der Waals surface area contributed by atoms with Gasteiger partial charge in [0.1, 0.15) is 4.90 Å². The number of pyridine rings is 1. The second kappa shape index (κ2) is 4.36. The van der Waals surface area contributed by atoms with Crippen LogP contribution in [0.3, 0.4) is 0 Å². The standard InChI is InChI=1S/C12H11NOS/c1-10-4-6-11(7-5-10)15(14)12-3-2-8-13-9-12/h2-9H,1H3/p+1. The van der Waals surface area contributed by atoms with Crippen LogP contribution in [0.25, 0.3) is 0 Å². The molecule has 76 valence electrons. The summed E-state index contributed by atoms with van der Waals surface area (Å²) in [5.74, 6) is 0. The lowest BCUT2D eigenvalue weighted by atomic mass is 10.2. The van der Waals surface area contributed by atoms with Crippen LogP contribution in [-0.4, -0.2) is 4.21 Å². The molecule has 2 aromatic rings. The highest BCUT2D eigenvalue weighted by Crippen LogP contribution is 2.14. The number of aromatic nitrogens is 1. The second-order valence-corrected chi connectivity index (χ2v) is 4.80. The predicted molar refractivity (Wildman–Crippen MR) is 58.9 cm³/mol. The lowest BCUT2D eigenvalue weighted by Crippen LogP contribution is -2.02. The number of benzene rings is 1. The summed E-state index contributed by atoms with van der Waals surface area (Å²) in [5, 5.41) is 0. The zero-order valence-electron chi connectivity index (χ0n) is 8.44. The van der Waals surface area contributed by atoms with E-state index in [-0.39, 0.29) is 0 Å². The van der Waals surface area contributed by atoms with Crippen LogP contribution in [0.4, 0.5) is 0 Å². The maximum Gasteiger partial charge on any atom is 0.183 e. The van der Waals surface area contributed by atoms with Crippen molar-refractivity contribution >= 4 is 10.8 Å². The molecular formula is C12H12NOS+. The van der Waals surface area contributed by atoms with E-state index in [4.69, 9.17) is 0 Å². The molecule has 15 heavy (non-hydrogen) atoms. The van der Waals surface area contributed by atoms with Crippen LogP contribution in [-0.2, 0) is 10.8 Å². The van der Waals surface area contributed by atoms with Gasteiger partial charge in [0, 0.05) is 11.0 Å². The number of hydrogen-bond donors (Lipinski definition) is 0. The molecule has 0 spiro atoms. The Labute approximate surface area is 91.4 Å². The summed E-state index contributed by atoms with van der Waals surface area (Å²) in [5.41, 5.74) is 1.18. The van der Waals surface area contributed by atoms with Gasteiger partial charge in [-0.1, -0.05) is 17.7 Å². The monoisotopic (exact) mass is 218 g/mol. The van der Waals surface area contributed by atoms with Gasteiger partial charge in [-0.15, -0.1) is 0 Å². The molecule has 1 heterocycles. The van der Waals surface area contributed by atoms with Crippen LogP contribution in [0.2, 0.25) is 0 Å². The topological polar surface area (TPSA) is 31.2 Å². The van der Waals surface area contributed by atoms with Gasteiger partial charge >= 0.3 is 0 Å². The molecule has 1 aromatic carbocycles. The van der Waals surface area contributed by atoms with Gasteiger partial charge in [-0.25, -0.2) is 9.19 Å². The van der Waals surface area contributed by atoms with Gasteiger partial charge in [-0.2, -0.15) is 0 Å². The minimum absolute atomic E-state index is 0.793. The molecule has 1 unspecified atom stereocenters. The summed E-state index contributed by atoms with van der Waals surface area (Å²) >= 11 is 0. The zero-order valence-corrected chi connectivity index (χ0v) is 9.25. The summed E-state index contributed by atoms with van der Waals surface area (Å²) in [6, 6.07) is 11.4. The Hall–Kier alpha value is -1.48. The van der Waals surface area contributed by atoms with Crippen molar-refractivity contribution in [3.05, 3.63) is 54.4 Å². The van der Waals surface area contributed by atoms with Gasteiger partial charge in [0.2, 0.25) is 0 Å². The van der Waals surface area contributed by atoms with Gasteiger partial charge < -0.3 is 0 Å². The molecule has 3 heteroatoms. The third-order valence-electron chi connectivity index (χ3n) is 2.13. The first kappa shape index (κ1) is 10.1. The first-order valence-corrected chi connectivity index (χ1v) is 5.87. The molecule has 0 bridgehead atoms. The van der Waals surface area contributed by atoms with Crippen molar-refractivity contribution in [1.82, 2.24) is 0 Å². The molecule has 0 aliphatic rings. The molecule has 0 amide bonds. The molecule has 1 N–H and O–H groups in total. The number of H-pyrrole nitrogens is 1. The maximum atomic E-state index is 12.0. The minimum Gasteiger partial charge on any atom is -0.249 e. The Morgan fingerprint density at radius 3 is 2.40 bits per heavy atom. The van der Waals surface area contributed by atoms with E-state index in [9.17, 15) is 4.21 Å². The molecule has 0 saturated carbocycles. The fourth-order valence-electron chi connectivity index (χ4n) is 1.29. The van der Waals surface area contributed by atoms with E-state index in [0.29, 0.717) is 0 Å². The number of nitrogens with one attached hydrogen (secondary N) is 1. The van der Waals surface area contributed by atoms with Crippen LogP contribution in [0, 0.1) is 6.92 Å². The Balaban J connectivity index is 2.33. The molecule has 0 fully saturated rings. The average Bonchev–Trinajstić information content (AvgIpc) is 2.30. The highest BCUT2D eigenvalue weighted by molar-refractivity contribution is 7.85. The van der Waals surface area contributed by atoms with Crippen molar-refractivity contribution in [3.63, 3.8) is 0 Å². The summed E-state index contributed by atoms with van der Waals surface area (Å²) in [7, 11) is -1.09. The SMILES string of the molecule is Cc1ccc(S(=O)c2ccc[nH+]c2)cc1. The third-order valence-corrected chi connectivity index (χ3v) is 3.51. The van der Waals surface area contributed by atoms with Gasteiger partial charge in [0.15, 0.2) is 12.4 Å². The molecule has 2 rings (SSSR count). The fourth-order valence-corrected chi connectivity index (χ4v) is 2.32. The molecule has 0 aliphatic carbocycles. The largest absolute Gasteiger partial charge is 0.249 e. The van der Waals surface area contributed by atoms with E-state index >= 15 is 0 Å². The van der Waals surface area contributed by atoms with Crippen molar-refractivity contribution in [1.29, 1.82) is 0 Å². The highest BCUT2D eigenvalue weighted by Gasteiger charge is 2.07. The molecule has 2 nitrogen and oxygen atoms in total. The first-order chi connectivity index (χ1) is 7.27. The molecule has 1 aromatic heterocycles. The van der Waals surface area contributed by atoms with E-state index in [2.05, 4.69) is 4.98 Å². The fraction of sp³-hybridized carbons (Fsp3) is 0.0833. The normalized spacial score (nSPS) is 12.3. The van der Waals surface area contributed by atoms with Crippen molar-refractivity contribution in [2.75, 3.05) is 0 Å². The molecular weight excluding hydrogens is 206 g/mol. The van der Waals surface area contributed by atoms with Crippen LogP contribution < -0.4 is 4.98 Å². The first-order valence-electron chi connectivity index (χ1n) is 4.72. The van der Waals surface area contributed by atoms with E-state index in [1.807, 2.05) is 43.3 Å². The van der Waals surface area contributed by atoms with E-state index in [1.165, 1.54) is 5.56 Å². The predicted octanol–water partition coefficient (Wildman–Crippen LogP) is 1.98. The smallest absolute Gasteiger partial charge is 0.183 e. The molecule has 0 radical (unpaired) electrons. The number of rotatable bonds is 2. The Morgan fingerprint density at radius 1 is 1.07 bits per heavy atom. The lowest BCUT2D eigenvalue weighted by Gasteiger charge is -1.99. The Bertz CT molecular complexity index is 465. The number of aryl methyl sites for hydroxylation is 1. The van der Waals surface area contributed by atoms with Crippen molar-refractivity contribution in [2.45, 2.75) is 16.7 Å². The van der Waals surface area contributed by atoms with Gasteiger partial charge in [0.25, 0.3) is 0 Å². The Morgan fingerprint density at radius 2 is 1.80 bits per heavy atom. The summed E-state index contributed by atoms with van der Waals surface area (Å²) < 4.78 is 12.0. The van der Waals surface area contributed by atoms with E-state index < -0.39 is 10.8 Å². The van der Waals surface area contributed by atoms with Gasteiger partial charge in [0.05, 0.1) is 10.8 Å². The highest BCUT2D eigenvalue weighted by atomic mass is 32.2. The van der Waals surface area contributed by atoms with Crippen LogP contribution in [0.1, 0.15) is 5.56 Å². The van der Waals surface area contributed by atoms with Crippen molar-refractivity contribution in [3.8, 4) is 0 Å². The molecule has 0 saturated heterocycles. The van der Waals surface area contributed by atoms with Crippen LogP contribution in [0.5, 0.6) is 0 Å². The number of hydrogen-bond acceptors (Lipinski definition) is 1. The summed E-state index contributed by atoms with van der Waals surface area (Å²) in [4.78, 5) is 4.56. The van der Waals surface area contributed by atoms with Crippen LogP contribution >= 0.6 is 0 Å². The van der Waals surface area contributed by atoms with Crippen LogP contribution in [0.15, 0.2) is 58.6 Å². The Kier molecular flexibility index (Phi) is 2.92. The van der Waals surface area contributed by atoms with Gasteiger partial charge in [-0.3, -0.25) is 0 Å². The molecule has 1 atom stereocenters.